The van der Waals surface area contributed by atoms with Gasteiger partial charge in [-0.25, -0.2) is 0 Å². The Balaban J connectivity index is 2.13. The molecule has 3 aromatic rings. The van der Waals surface area contributed by atoms with Gasteiger partial charge >= 0.3 is 0 Å². The third-order valence-electron chi connectivity index (χ3n) is 4.01. The maximum Gasteiger partial charge on any atom is 0.134 e. The van der Waals surface area contributed by atoms with E-state index in [0.717, 1.165) is 27.9 Å². The Labute approximate surface area is 125 Å². The fraction of sp³-hybridized carbons (Fsp3) is 0.263. The Morgan fingerprint density at radius 2 is 1.52 bits per heavy atom. The minimum Gasteiger partial charge on any atom is -0.459 e. The molecule has 2 aromatic carbocycles. The summed E-state index contributed by atoms with van der Waals surface area (Å²) < 4.78 is 6.02. The van der Waals surface area contributed by atoms with Crippen LogP contribution in [0, 0.1) is 27.7 Å². The first-order chi connectivity index (χ1) is 9.95. The van der Waals surface area contributed by atoms with Crippen LogP contribution in [0.2, 0.25) is 0 Å². The Morgan fingerprint density at radius 1 is 0.857 bits per heavy atom. The molecule has 1 aromatic heterocycles. The van der Waals surface area contributed by atoms with E-state index >= 15 is 0 Å². The lowest BCUT2D eigenvalue weighted by molar-refractivity contribution is 0.521. The number of furan rings is 1. The highest BCUT2D eigenvalue weighted by Crippen LogP contribution is 2.32. The molecule has 1 unspecified atom stereocenters. The first-order valence-electron chi connectivity index (χ1n) is 7.29. The van der Waals surface area contributed by atoms with Crippen LogP contribution in [0.15, 0.2) is 40.8 Å². The van der Waals surface area contributed by atoms with Crippen molar-refractivity contribution in [2.75, 3.05) is 0 Å². The predicted octanol–water partition coefficient (Wildman–Crippen LogP) is 4.71. The van der Waals surface area contributed by atoms with Gasteiger partial charge in [-0.15, -0.1) is 0 Å². The van der Waals surface area contributed by atoms with Crippen LogP contribution in [0.4, 0.5) is 0 Å². The van der Waals surface area contributed by atoms with Gasteiger partial charge in [0.2, 0.25) is 0 Å². The van der Waals surface area contributed by atoms with Crippen LogP contribution in [0.3, 0.4) is 0 Å². The van der Waals surface area contributed by atoms with E-state index in [4.69, 9.17) is 10.2 Å². The molecule has 21 heavy (non-hydrogen) atoms. The lowest BCUT2D eigenvalue weighted by Gasteiger charge is -2.12. The van der Waals surface area contributed by atoms with Gasteiger partial charge in [0.1, 0.15) is 11.3 Å². The molecule has 1 heterocycles. The molecule has 2 N–H and O–H groups in total. The lowest BCUT2D eigenvalue weighted by atomic mass is 9.98. The maximum absolute atomic E-state index is 6.46. The fourth-order valence-corrected chi connectivity index (χ4v) is 2.99. The highest BCUT2D eigenvalue weighted by molar-refractivity contribution is 5.83. The molecule has 3 rings (SSSR count). The van der Waals surface area contributed by atoms with Crippen LogP contribution >= 0.6 is 0 Å². The summed E-state index contributed by atoms with van der Waals surface area (Å²) in [5.41, 5.74) is 13.3. The van der Waals surface area contributed by atoms with Gasteiger partial charge in [0.25, 0.3) is 0 Å². The molecule has 2 heteroatoms. The normalized spacial score (nSPS) is 12.8. The largest absolute Gasteiger partial charge is 0.459 e. The zero-order valence-electron chi connectivity index (χ0n) is 13.0. The van der Waals surface area contributed by atoms with Gasteiger partial charge in [-0.05, 0) is 45.4 Å². The van der Waals surface area contributed by atoms with Crippen molar-refractivity contribution < 1.29 is 4.42 Å². The Bertz CT molecular complexity index is 794. The topological polar surface area (TPSA) is 39.2 Å². The van der Waals surface area contributed by atoms with E-state index in [1.165, 1.54) is 16.7 Å². The van der Waals surface area contributed by atoms with Gasteiger partial charge < -0.3 is 10.2 Å². The van der Waals surface area contributed by atoms with Gasteiger partial charge in [-0.3, -0.25) is 0 Å². The standard InChI is InChI=1S/C19H21NO/c1-11-5-6-17-16(10-11)14(4)19(21-17)18(20)15-8-12(2)7-13(3)9-15/h5-10,18H,20H2,1-4H3. The number of hydrogen-bond donors (Lipinski definition) is 1. The first kappa shape index (κ1) is 13.9. The smallest absolute Gasteiger partial charge is 0.134 e. The fourth-order valence-electron chi connectivity index (χ4n) is 2.99. The van der Waals surface area contributed by atoms with Crippen LogP contribution in [0.5, 0.6) is 0 Å². The van der Waals surface area contributed by atoms with Crippen molar-refractivity contribution in [1.29, 1.82) is 0 Å². The van der Waals surface area contributed by atoms with Crippen molar-refractivity contribution in [3.8, 4) is 0 Å². The van der Waals surface area contributed by atoms with Crippen molar-refractivity contribution in [2.24, 2.45) is 5.73 Å². The Morgan fingerprint density at radius 3 is 2.19 bits per heavy atom. The minimum absolute atomic E-state index is 0.226. The average Bonchev–Trinajstić information content (AvgIpc) is 2.74. The molecule has 108 valence electrons. The van der Waals surface area contributed by atoms with E-state index in [1.807, 2.05) is 6.07 Å². The number of fused-ring (bicyclic) bond motifs is 1. The third kappa shape index (κ3) is 2.47. The molecule has 0 aliphatic heterocycles. The van der Waals surface area contributed by atoms with Gasteiger partial charge in [0.15, 0.2) is 0 Å². The third-order valence-corrected chi connectivity index (χ3v) is 4.01. The summed E-state index contributed by atoms with van der Waals surface area (Å²) in [6.45, 7) is 8.37. The summed E-state index contributed by atoms with van der Waals surface area (Å²) in [7, 11) is 0. The van der Waals surface area contributed by atoms with Crippen molar-refractivity contribution in [2.45, 2.75) is 33.7 Å². The molecule has 0 bridgehead atoms. The summed E-state index contributed by atoms with van der Waals surface area (Å²) in [6, 6.07) is 12.4. The lowest BCUT2D eigenvalue weighted by Crippen LogP contribution is -2.12. The second kappa shape index (κ2) is 5.05. The number of hydrogen-bond acceptors (Lipinski definition) is 2. The van der Waals surface area contributed by atoms with Crippen LogP contribution in [0.25, 0.3) is 11.0 Å². The molecule has 0 saturated heterocycles. The Kier molecular flexibility index (Phi) is 3.34. The van der Waals surface area contributed by atoms with Crippen molar-refractivity contribution in [3.63, 3.8) is 0 Å². The van der Waals surface area contributed by atoms with Crippen LogP contribution in [0.1, 0.15) is 39.6 Å². The SMILES string of the molecule is Cc1cc(C)cc(C(N)c2oc3ccc(C)cc3c2C)c1. The van der Waals surface area contributed by atoms with Crippen molar-refractivity contribution in [1.82, 2.24) is 0 Å². The molecule has 1 atom stereocenters. The molecule has 0 spiro atoms. The molecular weight excluding hydrogens is 258 g/mol. The predicted molar refractivity (Wildman–Crippen MR) is 87.6 cm³/mol. The summed E-state index contributed by atoms with van der Waals surface area (Å²) in [6.07, 6.45) is 0. The highest BCUT2D eigenvalue weighted by Gasteiger charge is 2.19. The van der Waals surface area contributed by atoms with Crippen LogP contribution < -0.4 is 5.73 Å². The number of rotatable bonds is 2. The summed E-state index contributed by atoms with van der Waals surface area (Å²) in [5.74, 6) is 0.862. The molecular formula is C19H21NO. The van der Waals surface area contributed by atoms with Crippen LogP contribution in [-0.4, -0.2) is 0 Å². The molecule has 0 aliphatic carbocycles. The van der Waals surface area contributed by atoms with Crippen molar-refractivity contribution in [3.05, 3.63) is 70.0 Å². The van der Waals surface area contributed by atoms with Gasteiger partial charge in [0.05, 0.1) is 6.04 Å². The molecule has 2 nitrogen and oxygen atoms in total. The zero-order valence-corrected chi connectivity index (χ0v) is 13.0. The number of aryl methyl sites for hydroxylation is 4. The molecule has 0 amide bonds. The van der Waals surface area contributed by atoms with E-state index in [0.29, 0.717) is 0 Å². The first-order valence-corrected chi connectivity index (χ1v) is 7.29. The molecule has 0 fully saturated rings. The van der Waals surface area contributed by atoms with E-state index in [1.54, 1.807) is 0 Å². The monoisotopic (exact) mass is 279 g/mol. The van der Waals surface area contributed by atoms with E-state index in [9.17, 15) is 0 Å². The summed E-state index contributed by atoms with van der Waals surface area (Å²) in [4.78, 5) is 0. The Hall–Kier alpha value is -2.06. The second-order valence-corrected chi connectivity index (χ2v) is 5.99. The van der Waals surface area contributed by atoms with Gasteiger partial charge in [-0.2, -0.15) is 0 Å². The van der Waals surface area contributed by atoms with Gasteiger partial charge in [-0.1, -0.05) is 41.0 Å². The van der Waals surface area contributed by atoms with Gasteiger partial charge in [0, 0.05) is 10.9 Å². The number of benzene rings is 2. The van der Waals surface area contributed by atoms with E-state index in [-0.39, 0.29) is 6.04 Å². The summed E-state index contributed by atoms with van der Waals surface area (Å²) >= 11 is 0. The quantitative estimate of drug-likeness (QED) is 0.737. The maximum atomic E-state index is 6.46. The molecule has 0 saturated carbocycles. The summed E-state index contributed by atoms with van der Waals surface area (Å²) in [5, 5.41) is 1.16. The van der Waals surface area contributed by atoms with Crippen molar-refractivity contribution >= 4 is 11.0 Å². The average molecular weight is 279 g/mol. The molecule has 0 aliphatic rings. The minimum atomic E-state index is -0.226. The second-order valence-electron chi connectivity index (χ2n) is 5.99. The van der Waals surface area contributed by atoms with E-state index in [2.05, 4.69) is 58.0 Å². The van der Waals surface area contributed by atoms with E-state index < -0.39 is 0 Å². The van der Waals surface area contributed by atoms with Crippen LogP contribution in [-0.2, 0) is 0 Å². The molecule has 0 radical (unpaired) electrons. The number of nitrogens with two attached hydrogens (primary N) is 1. The highest BCUT2D eigenvalue weighted by atomic mass is 16.3. The zero-order chi connectivity index (χ0) is 15.1.